The molecule has 0 radical (unpaired) electrons. The molecule has 0 rings (SSSR count). The van der Waals surface area contributed by atoms with E-state index in [-0.39, 0.29) is 6.42 Å². The highest BCUT2D eigenvalue weighted by Crippen LogP contribution is 1.92. The standard InChI is InChI=1S/C6H12N2O3/c1-8-4(3-5(7)9)6(10)11-2/h4,8H,3H2,1-2H3,(H2,7,9)/t4-/m1/s1. The van der Waals surface area contributed by atoms with Gasteiger partial charge in [-0.1, -0.05) is 0 Å². The maximum atomic E-state index is 10.8. The number of amides is 1. The maximum Gasteiger partial charge on any atom is 0.323 e. The summed E-state index contributed by atoms with van der Waals surface area (Å²) < 4.78 is 4.39. The molecule has 0 unspecified atom stereocenters. The zero-order chi connectivity index (χ0) is 8.85. The van der Waals surface area contributed by atoms with Crippen molar-refractivity contribution in [1.29, 1.82) is 0 Å². The SMILES string of the molecule is CN[C@H](CC(N)=O)C(=O)OC. The molecule has 1 amide bonds. The number of carbonyl (C=O) groups excluding carboxylic acids is 2. The third-order valence-corrected chi connectivity index (χ3v) is 1.24. The number of hydrogen-bond acceptors (Lipinski definition) is 4. The predicted octanol–water partition coefficient (Wildman–Crippen LogP) is -1.38. The largest absolute Gasteiger partial charge is 0.468 e. The third kappa shape index (κ3) is 3.57. The summed E-state index contributed by atoms with van der Waals surface area (Å²) in [6.07, 6.45) is -0.0385. The van der Waals surface area contributed by atoms with Crippen LogP contribution in [-0.4, -0.2) is 32.1 Å². The number of likely N-dealkylation sites (N-methyl/N-ethyl adjacent to an activating group) is 1. The van der Waals surface area contributed by atoms with E-state index in [9.17, 15) is 9.59 Å². The normalized spacial score (nSPS) is 12.2. The number of hydrogen-bond donors (Lipinski definition) is 2. The molecular formula is C6H12N2O3. The first kappa shape index (κ1) is 9.90. The van der Waals surface area contributed by atoms with Gasteiger partial charge in [0.15, 0.2) is 0 Å². The molecule has 0 aliphatic rings. The van der Waals surface area contributed by atoms with E-state index in [4.69, 9.17) is 5.73 Å². The lowest BCUT2D eigenvalue weighted by molar-refractivity contribution is -0.144. The van der Waals surface area contributed by atoms with Crippen molar-refractivity contribution in [3.63, 3.8) is 0 Å². The highest BCUT2D eigenvalue weighted by Gasteiger charge is 2.18. The second-order valence-electron chi connectivity index (χ2n) is 2.03. The quantitative estimate of drug-likeness (QED) is 0.497. The van der Waals surface area contributed by atoms with E-state index in [1.807, 2.05) is 0 Å². The molecule has 1 atom stereocenters. The molecule has 0 heterocycles. The smallest absolute Gasteiger partial charge is 0.323 e. The average Bonchev–Trinajstić information content (AvgIpc) is 1.98. The predicted molar refractivity (Wildman–Crippen MR) is 38.7 cm³/mol. The van der Waals surface area contributed by atoms with Gasteiger partial charge in [0.05, 0.1) is 13.5 Å². The molecule has 0 bridgehead atoms. The second-order valence-corrected chi connectivity index (χ2v) is 2.03. The summed E-state index contributed by atoms with van der Waals surface area (Å²) in [5, 5.41) is 2.61. The minimum atomic E-state index is -0.627. The van der Waals surface area contributed by atoms with Crippen LogP contribution >= 0.6 is 0 Å². The Balaban J connectivity index is 3.94. The number of carbonyl (C=O) groups is 2. The highest BCUT2D eigenvalue weighted by molar-refractivity contribution is 5.84. The summed E-state index contributed by atoms with van der Waals surface area (Å²) in [5.41, 5.74) is 4.87. The van der Waals surface area contributed by atoms with Crippen molar-refractivity contribution in [1.82, 2.24) is 5.32 Å². The Morgan fingerprint density at radius 1 is 1.64 bits per heavy atom. The van der Waals surface area contributed by atoms with E-state index in [1.54, 1.807) is 7.05 Å². The van der Waals surface area contributed by atoms with Gasteiger partial charge in [-0.2, -0.15) is 0 Å². The Labute approximate surface area is 64.9 Å². The molecule has 0 aromatic heterocycles. The van der Waals surface area contributed by atoms with E-state index in [0.717, 1.165) is 0 Å². The van der Waals surface area contributed by atoms with Crippen LogP contribution in [0.15, 0.2) is 0 Å². The molecule has 0 fully saturated rings. The van der Waals surface area contributed by atoms with Crippen molar-refractivity contribution in [3.8, 4) is 0 Å². The summed E-state index contributed by atoms with van der Waals surface area (Å²) in [6.45, 7) is 0. The zero-order valence-corrected chi connectivity index (χ0v) is 6.59. The first-order valence-electron chi connectivity index (χ1n) is 3.15. The van der Waals surface area contributed by atoms with Crippen molar-refractivity contribution < 1.29 is 14.3 Å². The Morgan fingerprint density at radius 2 is 2.18 bits per heavy atom. The number of methoxy groups -OCH3 is 1. The van der Waals surface area contributed by atoms with Crippen molar-refractivity contribution in [2.45, 2.75) is 12.5 Å². The van der Waals surface area contributed by atoms with Crippen LogP contribution in [0, 0.1) is 0 Å². The summed E-state index contributed by atoms with van der Waals surface area (Å²) in [5.74, 6) is -1.01. The van der Waals surface area contributed by atoms with Crippen molar-refractivity contribution >= 4 is 11.9 Å². The minimum Gasteiger partial charge on any atom is -0.468 e. The molecule has 0 aliphatic heterocycles. The van der Waals surface area contributed by atoms with Gasteiger partial charge in [0.25, 0.3) is 0 Å². The molecule has 64 valence electrons. The van der Waals surface area contributed by atoms with E-state index in [0.29, 0.717) is 0 Å². The fourth-order valence-electron chi connectivity index (χ4n) is 0.647. The monoisotopic (exact) mass is 160 g/mol. The first-order valence-corrected chi connectivity index (χ1v) is 3.15. The Hall–Kier alpha value is -1.10. The Morgan fingerprint density at radius 3 is 2.45 bits per heavy atom. The molecule has 0 saturated heterocycles. The van der Waals surface area contributed by atoms with Crippen LogP contribution in [0.1, 0.15) is 6.42 Å². The van der Waals surface area contributed by atoms with Crippen molar-refractivity contribution in [3.05, 3.63) is 0 Å². The number of nitrogens with two attached hydrogens (primary N) is 1. The van der Waals surface area contributed by atoms with Crippen LogP contribution in [0.2, 0.25) is 0 Å². The first-order chi connectivity index (χ1) is 5.11. The van der Waals surface area contributed by atoms with Crippen molar-refractivity contribution in [2.75, 3.05) is 14.2 Å². The van der Waals surface area contributed by atoms with Gasteiger partial charge in [0.2, 0.25) is 5.91 Å². The van der Waals surface area contributed by atoms with Gasteiger partial charge in [-0.15, -0.1) is 0 Å². The number of esters is 1. The van der Waals surface area contributed by atoms with Gasteiger partial charge in [-0.25, -0.2) is 0 Å². The number of nitrogens with one attached hydrogen (secondary N) is 1. The van der Waals surface area contributed by atoms with Crippen LogP contribution in [0.25, 0.3) is 0 Å². The van der Waals surface area contributed by atoms with Gasteiger partial charge < -0.3 is 15.8 Å². The molecule has 5 nitrogen and oxygen atoms in total. The van der Waals surface area contributed by atoms with Gasteiger partial charge in [0, 0.05) is 0 Å². The maximum absolute atomic E-state index is 10.8. The molecule has 0 aliphatic carbocycles. The van der Waals surface area contributed by atoms with Gasteiger partial charge in [-0.05, 0) is 7.05 Å². The van der Waals surface area contributed by atoms with Crippen LogP contribution in [0.3, 0.4) is 0 Å². The van der Waals surface area contributed by atoms with Crippen LogP contribution in [0.4, 0.5) is 0 Å². The van der Waals surface area contributed by atoms with Crippen LogP contribution < -0.4 is 11.1 Å². The summed E-state index contributed by atoms with van der Waals surface area (Å²) in [6, 6.07) is -0.627. The third-order valence-electron chi connectivity index (χ3n) is 1.24. The van der Waals surface area contributed by atoms with E-state index in [2.05, 4.69) is 10.1 Å². The van der Waals surface area contributed by atoms with Crippen molar-refractivity contribution in [2.24, 2.45) is 5.73 Å². The molecule has 0 spiro atoms. The highest BCUT2D eigenvalue weighted by atomic mass is 16.5. The zero-order valence-electron chi connectivity index (χ0n) is 6.59. The summed E-state index contributed by atoms with van der Waals surface area (Å²) >= 11 is 0. The minimum absolute atomic E-state index is 0.0385. The fourth-order valence-corrected chi connectivity index (χ4v) is 0.647. The average molecular weight is 160 g/mol. The Bertz CT molecular complexity index is 158. The van der Waals surface area contributed by atoms with E-state index < -0.39 is 17.9 Å². The van der Waals surface area contributed by atoms with E-state index >= 15 is 0 Å². The second kappa shape index (κ2) is 4.68. The molecule has 0 saturated carbocycles. The molecule has 11 heavy (non-hydrogen) atoms. The molecule has 0 aromatic rings. The number of ether oxygens (including phenoxy) is 1. The molecule has 0 aromatic carbocycles. The number of rotatable bonds is 4. The molecule has 5 heteroatoms. The van der Waals surface area contributed by atoms with Gasteiger partial charge in [0.1, 0.15) is 6.04 Å². The summed E-state index contributed by atoms with van der Waals surface area (Å²) in [7, 11) is 2.82. The molecular weight excluding hydrogens is 148 g/mol. The van der Waals surface area contributed by atoms with Gasteiger partial charge >= 0.3 is 5.97 Å². The molecule has 3 N–H and O–H groups in total. The fraction of sp³-hybridized carbons (Fsp3) is 0.667. The summed E-state index contributed by atoms with van der Waals surface area (Å²) in [4.78, 5) is 21.1. The lowest BCUT2D eigenvalue weighted by Gasteiger charge is -2.10. The van der Waals surface area contributed by atoms with Crippen LogP contribution in [-0.2, 0) is 14.3 Å². The van der Waals surface area contributed by atoms with Gasteiger partial charge in [-0.3, -0.25) is 9.59 Å². The number of primary amides is 1. The van der Waals surface area contributed by atoms with E-state index in [1.165, 1.54) is 7.11 Å². The Kier molecular flexibility index (Phi) is 4.21. The lowest BCUT2D eigenvalue weighted by atomic mass is 10.2. The van der Waals surface area contributed by atoms with Crippen LogP contribution in [0.5, 0.6) is 0 Å². The lowest BCUT2D eigenvalue weighted by Crippen LogP contribution is -2.38. The topological polar surface area (TPSA) is 81.4 Å².